The van der Waals surface area contributed by atoms with Crippen molar-refractivity contribution < 1.29 is 18.4 Å². The topological polar surface area (TPSA) is 148 Å². The van der Waals surface area contributed by atoms with E-state index < -0.39 is 21.1 Å². The number of anilines is 1. The number of hydrogen-bond acceptors (Lipinski definition) is 7. The quantitative estimate of drug-likeness (QED) is 0.290. The number of sulfonamides is 1. The number of nitro benzene ring substituents is 1. The summed E-state index contributed by atoms with van der Waals surface area (Å²) in [6.45, 7) is 2.91. The molecule has 0 aromatic heterocycles. The summed E-state index contributed by atoms with van der Waals surface area (Å²) < 4.78 is 22.4. The summed E-state index contributed by atoms with van der Waals surface area (Å²) in [6, 6.07) is 3.42. The molecule has 0 amide bonds. The van der Waals surface area contributed by atoms with E-state index in [1.54, 1.807) is 6.92 Å². The van der Waals surface area contributed by atoms with Gasteiger partial charge in [-0.3, -0.25) is 10.1 Å². The summed E-state index contributed by atoms with van der Waals surface area (Å²) in [5, 5.41) is 30.7. The Balaban J connectivity index is 2.76. The number of nitrogens with one attached hydrogen (secondary N) is 2. The summed E-state index contributed by atoms with van der Waals surface area (Å²) in [6.07, 6.45) is -0.478. The highest BCUT2D eigenvalue weighted by Crippen LogP contribution is 2.26. The smallest absolute Gasteiger partial charge is 0.293 e. The lowest BCUT2D eigenvalue weighted by Gasteiger charge is -2.10. The first-order valence-corrected chi connectivity index (χ1v) is 7.70. The van der Waals surface area contributed by atoms with Crippen LogP contribution in [0.3, 0.4) is 0 Å². The lowest BCUT2D eigenvalue weighted by atomic mass is 10.2. The molecule has 9 nitrogen and oxygen atoms in total. The van der Waals surface area contributed by atoms with Crippen LogP contribution < -0.4 is 15.8 Å². The van der Waals surface area contributed by atoms with Gasteiger partial charge in [0, 0.05) is 25.7 Å². The number of aliphatic hydroxyl groups excluding tert-OH is 1. The van der Waals surface area contributed by atoms with Crippen molar-refractivity contribution in [3.05, 3.63) is 28.3 Å². The van der Waals surface area contributed by atoms with Crippen molar-refractivity contribution >= 4 is 21.4 Å². The minimum Gasteiger partial charge on any atom is -0.392 e. The highest BCUT2D eigenvalue weighted by atomic mass is 32.2. The van der Waals surface area contributed by atoms with Gasteiger partial charge in [-0.25, -0.2) is 13.6 Å². The molecule has 0 saturated heterocycles. The van der Waals surface area contributed by atoms with E-state index in [4.69, 9.17) is 10.2 Å². The molecule has 21 heavy (non-hydrogen) atoms. The molecule has 10 heteroatoms. The molecule has 0 bridgehead atoms. The number of benzene rings is 1. The largest absolute Gasteiger partial charge is 0.392 e. The Hall–Kier alpha value is -1.75. The third kappa shape index (κ3) is 5.63. The van der Waals surface area contributed by atoms with Crippen molar-refractivity contribution in [3.63, 3.8) is 0 Å². The molecule has 1 unspecified atom stereocenters. The Morgan fingerprint density at radius 1 is 1.43 bits per heavy atom. The molecule has 0 heterocycles. The highest BCUT2D eigenvalue weighted by Gasteiger charge is 2.18. The van der Waals surface area contributed by atoms with Crippen molar-refractivity contribution in [2.75, 3.05) is 25.0 Å². The van der Waals surface area contributed by atoms with E-state index in [-0.39, 0.29) is 16.3 Å². The predicted octanol–water partition coefficient (Wildman–Crippen LogP) is -0.375. The van der Waals surface area contributed by atoms with E-state index in [2.05, 4.69) is 10.6 Å². The van der Waals surface area contributed by atoms with Crippen molar-refractivity contribution in [3.8, 4) is 0 Å². The number of hydrogen-bond donors (Lipinski definition) is 4. The molecule has 0 saturated carbocycles. The fraction of sp³-hybridized carbons (Fsp3) is 0.455. The van der Waals surface area contributed by atoms with Crippen LogP contribution in [-0.4, -0.2) is 44.2 Å². The Kier molecular flexibility index (Phi) is 6.03. The first-order chi connectivity index (χ1) is 9.71. The summed E-state index contributed by atoms with van der Waals surface area (Å²) in [5.74, 6) is 0. The maximum absolute atomic E-state index is 11.2. The molecule has 0 radical (unpaired) electrons. The standard InChI is InChI=1S/C11H18N4O5S/c1-8(16)7-13-4-5-14-10-3-2-9(21(12,19)20)6-11(10)15(17)18/h2-3,6,8,13-14,16H,4-5,7H2,1H3,(H2,12,19,20). The van der Waals surface area contributed by atoms with Crippen molar-refractivity contribution in [2.45, 2.75) is 17.9 Å². The van der Waals surface area contributed by atoms with Crippen LogP contribution in [0.5, 0.6) is 0 Å². The lowest BCUT2D eigenvalue weighted by molar-refractivity contribution is -0.384. The molecule has 0 aliphatic heterocycles. The summed E-state index contributed by atoms with van der Waals surface area (Å²) >= 11 is 0. The van der Waals surface area contributed by atoms with Crippen LogP contribution in [-0.2, 0) is 10.0 Å². The first kappa shape index (κ1) is 17.3. The maximum Gasteiger partial charge on any atom is 0.293 e. The second-order valence-electron chi connectivity index (χ2n) is 4.46. The van der Waals surface area contributed by atoms with E-state index in [0.29, 0.717) is 19.6 Å². The lowest BCUT2D eigenvalue weighted by Crippen LogP contribution is -2.29. The van der Waals surface area contributed by atoms with Gasteiger partial charge >= 0.3 is 0 Å². The summed E-state index contributed by atoms with van der Waals surface area (Å²) in [4.78, 5) is 9.97. The van der Waals surface area contributed by atoms with Crippen LogP contribution in [0.1, 0.15) is 6.92 Å². The van der Waals surface area contributed by atoms with Crippen LogP contribution in [0.15, 0.2) is 23.1 Å². The molecular formula is C11H18N4O5S. The van der Waals surface area contributed by atoms with Gasteiger partial charge in [0.05, 0.1) is 15.9 Å². The van der Waals surface area contributed by atoms with Gasteiger partial charge in [-0.05, 0) is 19.1 Å². The van der Waals surface area contributed by atoms with Gasteiger partial charge in [-0.2, -0.15) is 0 Å². The molecule has 0 spiro atoms. The van der Waals surface area contributed by atoms with Crippen LogP contribution in [0.2, 0.25) is 0 Å². The van der Waals surface area contributed by atoms with Gasteiger partial charge in [-0.1, -0.05) is 0 Å². The number of nitrogens with zero attached hydrogens (tertiary/aromatic N) is 1. The monoisotopic (exact) mass is 318 g/mol. The third-order valence-electron chi connectivity index (χ3n) is 2.55. The fourth-order valence-electron chi connectivity index (χ4n) is 1.59. The first-order valence-electron chi connectivity index (χ1n) is 6.15. The van der Waals surface area contributed by atoms with Crippen LogP contribution in [0.25, 0.3) is 0 Å². The molecule has 0 fully saturated rings. The Morgan fingerprint density at radius 2 is 2.10 bits per heavy atom. The second-order valence-corrected chi connectivity index (χ2v) is 6.02. The Morgan fingerprint density at radius 3 is 2.62 bits per heavy atom. The normalized spacial score (nSPS) is 12.9. The van der Waals surface area contributed by atoms with Gasteiger partial charge < -0.3 is 15.7 Å². The fourth-order valence-corrected chi connectivity index (χ4v) is 2.12. The number of primary sulfonamides is 1. The average Bonchev–Trinajstić information content (AvgIpc) is 2.36. The van der Waals surface area contributed by atoms with Gasteiger partial charge in [-0.15, -0.1) is 0 Å². The van der Waals surface area contributed by atoms with Crippen molar-refractivity contribution in [1.29, 1.82) is 0 Å². The molecule has 0 aliphatic rings. The van der Waals surface area contributed by atoms with Crippen LogP contribution in [0.4, 0.5) is 11.4 Å². The van der Waals surface area contributed by atoms with E-state index in [1.807, 2.05) is 0 Å². The molecular weight excluding hydrogens is 300 g/mol. The molecule has 0 aliphatic carbocycles. The zero-order valence-corrected chi connectivity index (χ0v) is 12.3. The van der Waals surface area contributed by atoms with Crippen LogP contribution in [0, 0.1) is 10.1 Å². The van der Waals surface area contributed by atoms with E-state index in [1.165, 1.54) is 12.1 Å². The van der Waals surface area contributed by atoms with E-state index >= 15 is 0 Å². The number of nitrogens with two attached hydrogens (primary N) is 1. The van der Waals surface area contributed by atoms with Crippen LogP contribution >= 0.6 is 0 Å². The van der Waals surface area contributed by atoms with Crippen molar-refractivity contribution in [1.82, 2.24) is 5.32 Å². The zero-order valence-electron chi connectivity index (χ0n) is 11.4. The predicted molar refractivity (Wildman–Crippen MR) is 77.5 cm³/mol. The third-order valence-corrected chi connectivity index (χ3v) is 3.46. The Bertz CT molecular complexity index is 603. The van der Waals surface area contributed by atoms with Crippen molar-refractivity contribution in [2.24, 2.45) is 5.14 Å². The molecule has 1 rings (SSSR count). The SMILES string of the molecule is CC(O)CNCCNc1ccc(S(N)(=O)=O)cc1[N+](=O)[O-]. The molecule has 1 atom stereocenters. The highest BCUT2D eigenvalue weighted by molar-refractivity contribution is 7.89. The molecule has 1 aromatic rings. The Labute approximate surface area is 122 Å². The van der Waals surface area contributed by atoms with Gasteiger partial charge in [0.2, 0.25) is 10.0 Å². The second kappa shape index (κ2) is 7.31. The average molecular weight is 318 g/mol. The molecule has 5 N–H and O–H groups in total. The van der Waals surface area contributed by atoms with Gasteiger partial charge in [0.1, 0.15) is 5.69 Å². The number of aliphatic hydroxyl groups is 1. The maximum atomic E-state index is 11.2. The van der Waals surface area contributed by atoms with Gasteiger partial charge in [0.15, 0.2) is 0 Å². The number of rotatable bonds is 8. The van der Waals surface area contributed by atoms with E-state index in [9.17, 15) is 18.5 Å². The number of nitro groups is 1. The minimum absolute atomic E-state index is 0.200. The molecule has 1 aromatic carbocycles. The zero-order chi connectivity index (χ0) is 16.0. The molecule has 118 valence electrons. The van der Waals surface area contributed by atoms with Gasteiger partial charge in [0.25, 0.3) is 5.69 Å². The summed E-state index contributed by atoms with van der Waals surface area (Å²) in [5.41, 5.74) is -0.164. The summed E-state index contributed by atoms with van der Waals surface area (Å²) in [7, 11) is -3.99. The minimum atomic E-state index is -3.99. The van der Waals surface area contributed by atoms with E-state index in [0.717, 1.165) is 6.07 Å².